The van der Waals surface area contributed by atoms with Gasteiger partial charge in [0.15, 0.2) is 4.96 Å². The highest BCUT2D eigenvalue weighted by atomic mass is 32.1. The third-order valence-corrected chi connectivity index (χ3v) is 7.50. The molecule has 164 valence electrons. The molecule has 0 spiro atoms. The van der Waals surface area contributed by atoms with Crippen LogP contribution in [0.1, 0.15) is 74.5 Å². The number of carbonyl (C=O) groups is 1. The predicted molar refractivity (Wildman–Crippen MR) is 127 cm³/mol. The molecule has 3 aromatic rings. The number of anilines is 1. The van der Waals surface area contributed by atoms with E-state index in [9.17, 15) is 9.59 Å². The number of nitrogens with zero attached hydrogens (tertiary/aromatic N) is 2. The fourth-order valence-electron chi connectivity index (χ4n) is 4.23. The van der Waals surface area contributed by atoms with Gasteiger partial charge in [0.2, 0.25) is 0 Å². The number of aromatic nitrogens is 2. The Morgan fingerprint density at radius 2 is 1.81 bits per heavy atom. The molecule has 31 heavy (non-hydrogen) atoms. The highest BCUT2D eigenvalue weighted by Crippen LogP contribution is 2.39. The van der Waals surface area contributed by atoms with Crippen molar-refractivity contribution in [3.05, 3.63) is 62.5 Å². The highest BCUT2D eigenvalue weighted by molar-refractivity contribution is 7.17. The number of hydrogen-bond donors (Lipinski definition) is 1. The number of aryl methyl sites for hydroxylation is 1. The summed E-state index contributed by atoms with van der Waals surface area (Å²) in [5.41, 5.74) is 3.03. The zero-order valence-electron chi connectivity index (χ0n) is 19.2. The van der Waals surface area contributed by atoms with Crippen molar-refractivity contribution in [2.75, 3.05) is 5.32 Å². The molecule has 0 saturated heterocycles. The number of carbonyl (C=O) groups excluding carboxylic acids is 1. The van der Waals surface area contributed by atoms with E-state index >= 15 is 0 Å². The van der Waals surface area contributed by atoms with Crippen LogP contribution in [0, 0.1) is 11.3 Å². The molecule has 1 aliphatic carbocycles. The standard InChI is InChI=1S/C25H31N3O2S/c1-24(2,3)16-9-7-15(8-10-16)21(29)27-18-14-26-23-28(22(18)30)19-12-11-17(25(4,5)6)13-20(19)31-23/h7-10,14,17H,11-13H2,1-6H3,(H,27,29)/t17-/m1/s1. The number of benzene rings is 1. The van der Waals surface area contributed by atoms with E-state index < -0.39 is 0 Å². The number of nitrogens with one attached hydrogen (secondary N) is 1. The third-order valence-electron chi connectivity index (χ3n) is 6.38. The zero-order valence-corrected chi connectivity index (χ0v) is 20.0. The average Bonchev–Trinajstić information content (AvgIpc) is 3.07. The van der Waals surface area contributed by atoms with E-state index in [1.165, 1.54) is 11.1 Å². The number of amides is 1. The first-order chi connectivity index (χ1) is 14.4. The van der Waals surface area contributed by atoms with Crippen molar-refractivity contribution in [3.8, 4) is 0 Å². The van der Waals surface area contributed by atoms with Crippen LogP contribution in [-0.4, -0.2) is 15.3 Å². The van der Waals surface area contributed by atoms with Crippen molar-refractivity contribution in [2.24, 2.45) is 11.3 Å². The van der Waals surface area contributed by atoms with Gasteiger partial charge in [-0.05, 0) is 53.7 Å². The zero-order chi connectivity index (χ0) is 22.6. The minimum absolute atomic E-state index is 0.0207. The number of rotatable bonds is 2. The Morgan fingerprint density at radius 1 is 1.13 bits per heavy atom. The van der Waals surface area contributed by atoms with Gasteiger partial charge in [-0.15, -0.1) is 11.3 Å². The van der Waals surface area contributed by atoms with E-state index in [0.717, 1.165) is 30.5 Å². The van der Waals surface area contributed by atoms with Crippen LogP contribution < -0.4 is 10.9 Å². The van der Waals surface area contributed by atoms with Crippen LogP contribution in [0.4, 0.5) is 5.69 Å². The summed E-state index contributed by atoms with van der Waals surface area (Å²) >= 11 is 1.60. The predicted octanol–water partition coefficient (Wildman–Crippen LogP) is 5.46. The van der Waals surface area contributed by atoms with Crippen molar-refractivity contribution in [3.63, 3.8) is 0 Å². The van der Waals surface area contributed by atoms with Crippen LogP contribution >= 0.6 is 11.3 Å². The maximum absolute atomic E-state index is 13.2. The van der Waals surface area contributed by atoms with Crippen LogP contribution in [0.25, 0.3) is 4.96 Å². The van der Waals surface area contributed by atoms with Gasteiger partial charge in [-0.3, -0.25) is 14.0 Å². The highest BCUT2D eigenvalue weighted by Gasteiger charge is 2.31. The summed E-state index contributed by atoms with van der Waals surface area (Å²) in [6.07, 6.45) is 4.40. The monoisotopic (exact) mass is 437 g/mol. The van der Waals surface area contributed by atoms with Crippen molar-refractivity contribution in [2.45, 2.75) is 66.2 Å². The van der Waals surface area contributed by atoms with Gasteiger partial charge in [-0.2, -0.15) is 0 Å². The summed E-state index contributed by atoms with van der Waals surface area (Å²) in [6, 6.07) is 7.53. The van der Waals surface area contributed by atoms with E-state index in [-0.39, 0.29) is 28.0 Å². The first-order valence-corrected chi connectivity index (χ1v) is 11.7. The molecular formula is C25H31N3O2S. The molecule has 6 heteroatoms. The molecule has 0 bridgehead atoms. The van der Waals surface area contributed by atoms with Gasteiger partial charge >= 0.3 is 0 Å². The molecule has 0 aliphatic heterocycles. The topological polar surface area (TPSA) is 63.5 Å². The van der Waals surface area contributed by atoms with Crippen LogP contribution in [0.5, 0.6) is 0 Å². The molecule has 0 saturated carbocycles. The molecule has 4 rings (SSSR count). The fraction of sp³-hybridized carbons (Fsp3) is 0.480. The van der Waals surface area contributed by atoms with Gasteiger partial charge < -0.3 is 5.32 Å². The summed E-state index contributed by atoms with van der Waals surface area (Å²) in [5.74, 6) is 0.301. The van der Waals surface area contributed by atoms with Gasteiger partial charge in [0.05, 0.1) is 6.20 Å². The summed E-state index contributed by atoms with van der Waals surface area (Å²) in [5, 5.41) is 2.78. The Bertz CT molecular complexity index is 1190. The molecule has 2 heterocycles. The minimum Gasteiger partial charge on any atom is -0.316 e. The largest absolute Gasteiger partial charge is 0.316 e. The van der Waals surface area contributed by atoms with Gasteiger partial charge in [-0.1, -0.05) is 53.7 Å². The van der Waals surface area contributed by atoms with Gasteiger partial charge in [-0.25, -0.2) is 4.98 Å². The Kier molecular flexibility index (Phi) is 5.32. The Hall–Kier alpha value is -2.47. The Balaban J connectivity index is 1.62. The molecule has 1 N–H and O–H groups in total. The lowest BCUT2D eigenvalue weighted by molar-refractivity contribution is 0.102. The summed E-state index contributed by atoms with van der Waals surface area (Å²) in [7, 11) is 0. The van der Waals surface area contributed by atoms with Crippen molar-refractivity contribution in [1.29, 1.82) is 0 Å². The maximum Gasteiger partial charge on any atom is 0.282 e. The van der Waals surface area contributed by atoms with Gasteiger partial charge in [0.25, 0.3) is 11.5 Å². The molecule has 0 fully saturated rings. The van der Waals surface area contributed by atoms with Gasteiger partial charge in [0.1, 0.15) is 5.69 Å². The smallest absolute Gasteiger partial charge is 0.282 e. The number of thiazole rings is 1. The minimum atomic E-state index is -0.295. The normalized spacial score (nSPS) is 16.9. The van der Waals surface area contributed by atoms with E-state index in [4.69, 9.17) is 0 Å². The molecule has 0 unspecified atom stereocenters. The van der Waals surface area contributed by atoms with E-state index in [0.29, 0.717) is 16.4 Å². The lowest BCUT2D eigenvalue weighted by atomic mass is 9.73. The molecule has 1 aliphatic rings. The fourth-order valence-corrected chi connectivity index (χ4v) is 5.44. The van der Waals surface area contributed by atoms with Crippen LogP contribution in [0.3, 0.4) is 0 Å². The van der Waals surface area contributed by atoms with Crippen molar-refractivity contribution in [1.82, 2.24) is 9.38 Å². The van der Waals surface area contributed by atoms with E-state index in [1.54, 1.807) is 27.9 Å². The van der Waals surface area contributed by atoms with Crippen molar-refractivity contribution < 1.29 is 4.79 Å². The number of hydrogen-bond acceptors (Lipinski definition) is 4. The first-order valence-electron chi connectivity index (χ1n) is 10.9. The Morgan fingerprint density at radius 3 is 2.42 bits per heavy atom. The second kappa shape index (κ2) is 7.59. The van der Waals surface area contributed by atoms with Gasteiger partial charge in [0, 0.05) is 16.1 Å². The molecule has 1 aromatic carbocycles. The SMILES string of the molecule is CC(C)(C)c1ccc(C(=O)Nc2cnc3sc4c(n3c2=O)CC[C@@H](C(C)(C)C)C4)cc1. The second-order valence-corrected chi connectivity index (χ2v) is 11.7. The molecule has 1 atom stereocenters. The number of fused-ring (bicyclic) bond motifs is 3. The first kappa shape index (κ1) is 21.8. The molecule has 5 nitrogen and oxygen atoms in total. The van der Waals surface area contributed by atoms with Crippen LogP contribution in [0.15, 0.2) is 35.3 Å². The quantitative estimate of drug-likeness (QED) is 0.579. The molecule has 0 radical (unpaired) electrons. The van der Waals surface area contributed by atoms with Crippen molar-refractivity contribution >= 4 is 27.9 Å². The Labute approximate surface area is 187 Å². The lowest BCUT2D eigenvalue weighted by Crippen LogP contribution is -2.28. The molecular weight excluding hydrogens is 406 g/mol. The molecule has 1 amide bonds. The van der Waals surface area contributed by atoms with Crippen LogP contribution in [0.2, 0.25) is 0 Å². The summed E-state index contributed by atoms with van der Waals surface area (Å²) in [4.78, 5) is 32.4. The second-order valence-electron chi connectivity index (χ2n) is 10.7. The third kappa shape index (κ3) is 4.18. The average molecular weight is 438 g/mol. The molecule has 2 aromatic heterocycles. The maximum atomic E-state index is 13.2. The van der Waals surface area contributed by atoms with Crippen LogP contribution in [-0.2, 0) is 18.3 Å². The van der Waals surface area contributed by atoms with E-state index in [2.05, 4.69) is 51.8 Å². The van der Waals surface area contributed by atoms with E-state index in [1.807, 2.05) is 12.1 Å². The summed E-state index contributed by atoms with van der Waals surface area (Å²) in [6.45, 7) is 13.2. The lowest BCUT2D eigenvalue weighted by Gasteiger charge is -2.33. The summed E-state index contributed by atoms with van der Waals surface area (Å²) < 4.78 is 1.71.